The minimum absolute atomic E-state index is 0.0291. The van der Waals surface area contributed by atoms with Crippen LogP contribution in [0.5, 0.6) is 0 Å². The number of benzene rings is 3. The molecule has 0 aliphatic heterocycles. The molecule has 0 amide bonds. The molecule has 134 valence electrons. The molecule has 0 spiro atoms. The number of hydrogen-bond donors (Lipinski definition) is 2. The van der Waals surface area contributed by atoms with Gasteiger partial charge in [0.05, 0.1) is 5.69 Å². The number of H-pyrrole nitrogens is 1. The van der Waals surface area contributed by atoms with E-state index in [1.807, 2.05) is 97.0 Å². The van der Waals surface area contributed by atoms with E-state index in [-0.39, 0.29) is 5.78 Å². The Morgan fingerprint density at radius 2 is 1.52 bits per heavy atom. The zero-order valence-electron chi connectivity index (χ0n) is 15.1. The van der Waals surface area contributed by atoms with E-state index < -0.39 is 6.04 Å². The van der Waals surface area contributed by atoms with Gasteiger partial charge in [0.15, 0.2) is 5.78 Å². The van der Waals surface area contributed by atoms with Crippen molar-refractivity contribution >= 4 is 22.4 Å². The number of aromatic nitrogens is 1. The number of fused-ring (bicyclic) bond motifs is 1. The van der Waals surface area contributed by atoms with Crippen molar-refractivity contribution in [2.24, 2.45) is 0 Å². The van der Waals surface area contributed by atoms with Crippen LogP contribution in [0.2, 0.25) is 0 Å². The van der Waals surface area contributed by atoms with Crippen LogP contribution in [0.25, 0.3) is 10.9 Å². The fraction of sp³-hybridized carbons (Fsp3) is 0.0870. The van der Waals surface area contributed by atoms with Crippen LogP contribution >= 0.6 is 0 Å². The van der Waals surface area contributed by atoms with Crippen molar-refractivity contribution in [3.8, 4) is 0 Å². The quantitative estimate of drug-likeness (QED) is 0.388. The van der Waals surface area contributed by atoms with Crippen LogP contribution in [0, 0.1) is 0 Å². The van der Waals surface area contributed by atoms with Crippen molar-refractivity contribution in [3.05, 3.63) is 102 Å². The Hall–Kier alpha value is -3.37. The van der Waals surface area contributed by atoms with Crippen LogP contribution in [0.15, 0.2) is 91.1 Å². The molecule has 3 aromatic carbocycles. The first-order valence-corrected chi connectivity index (χ1v) is 8.94. The molecule has 4 nitrogen and oxygen atoms in total. The van der Waals surface area contributed by atoms with E-state index in [9.17, 15) is 4.79 Å². The van der Waals surface area contributed by atoms with E-state index in [2.05, 4.69) is 10.4 Å². The van der Waals surface area contributed by atoms with Gasteiger partial charge < -0.3 is 9.99 Å². The van der Waals surface area contributed by atoms with Gasteiger partial charge in [0, 0.05) is 29.7 Å². The van der Waals surface area contributed by atoms with Crippen LogP contribution in [0.3, 0.4) is 0 Å². The fourth-order valence-electron chi connectivity index (χ4n) is 3.28. The maximum Gasteiger partial charge on any atom is 0.188 e. The molecular weight excluding hydrogens is 334 g/mol. The summed E-state index contributed by atoms with van der Waals surface area (Å²) >= 11 is 0. The number of rotatable bonds is 6. The van der Waals surface area contributed by atoms with Gasteiger partial charge in [-0.15, -0.1) is 0 Å². The number of para-hydroxylation sites is 2. The fourth-order valence-corrected chi connectivity index (χ4v) is 3.28. The van der Waals surface area contributed by atoms with E-state index in [1.165, 1.54) is 0 Å². The Labute approximate surface area is 158 Å². The molecule has 2 N–H and O–H groups in total. The number of carbonyl (C=O) groups excluding carboxylic acids is 1. The summed E-state index contributed by atoms with van der Waals surface area (Å²) in [6, 6.07) is 27.1. The van der Waals surface area contributed by atoms with Gasteiger partial charge in [0.2, 0.25) is 0 Å². The second-order valence-electron chi connectivity index (χ2n) is 6.48. The van der Waals surface area contributed by atoms with Gasteiger partial charge in [-0.1, -0.05) is 66.7 Å². The summed E-state index contributed by atoms with van der Waals surface area (Å²) in [6.07, 6.45) is 1.80. The number of hydrogen-bond acceptors (Lipinski definition) is 3. The lowest BCUT2D eigenvalue weighted by molar-refractivity contribution is 0.0943. The van der Waals surface area contributed by atoms with E-state index in [1.54, 1.807) is 6.20 Å². The van der Waals surface area contributed by atoms with Crippen molar-refractivity contribution in [1.82, 2.24) is 10.4 Å². The predicted octanol–water partition coefficient (Wildman–Crippen LogP) is 4.73. The highest BCUT2D eigenvalue weighted by molar-refractivity contribution is 6.10. The molecular formula is C23H21N3O. The summed E-state index contributed by atoms with van der Waals surface area (Å²) in [5.74, 6) is 0.0291. The van der Waals surface area contributed by atoms with E-state index in [0.29, 0.717) is 5.56 Å². The molecule has 1 heterocycles. The third-order valence-corrected chi connectivity index (χ3v) is 4.72. The molecule has 4 rings (SSSR count). The first kappa shape index (κ1) is 17.1. The summed E-state index contributed by atoms with van der Waals surface area (Å²) in [6.45, 7) is 0. The summed E-state index contributed by atoms with van der Waals surface area (Å²) in [7, 11) is 1.92. The number of anilines is 1. The van der Waals surface area contributed by atoms with E-state index >= 15 is 0 Å². The summed E-state index contributed by atoms with van der Waals surface area (Å²) in [4.78, 5) is 16.7. The van der Waals surface area contributed by atoms with Crippen LogP contribution in [0.4, 0.5) is 5.69 Å². The molecule has 0 unspecified atom stereocenters. The van der Waals surface area contributed by atoms with Crippen LogP contribution in [-0.2, 0) is 0 Å². The number of carbonyl (C=O) groups is 1. The second-order valence-corrected chi connectivity index (χ2v) is 6.48. The zero-order valence-corrected chi connectivity index (χ0v) is 15.1. The lowest BCUT2D eigenvalue weighted by Gasteiger charge is -2.27. The Bertz CT molecular complexity index is 1040. The Morgan fingerprint density at radius 1 is 0.889 bits per heavy atom. The third-order valence-electron chi connectivity index (χ3n) is 4.72. The largest absolute Gasteiger partial charge is 0.360 e. The van der Waals surface area contributed by atoms with Gasteiger partial charge in [0.25, 0.3) is 0 Å². The number of Topliss-reactive ketones (excluding diaryl/α,β-unsaturated/α-hetero) is 1. The highest BCUT2D eigenvalue weighted by atomic mass is 16.1. The van der Waals surface area contributed by atoms with E-state index in [4.69, 9.17) is 0 Å². The molecule has 0 aliphatic rings. The summed E-state index contributed by atoms with van der Waals surface area (Å²) in [5.41, 5.74) is 6.94. The van der Waals surface area contributed by atoms with Crippen molar-refractivity contribution in [1.29, 1.82) is 0 Å². The SMILES string of the molecule is CN(N[C@@H](C(=O)c1c[nH]c2ccccc12)c1ccccc1)c1ccccc1. The average molecular weight is 355 g/mol. The van der Waals surface area contributed by atoms with Crippen molar-refractivity contribution in [3.63, 3.8) is 0 Å². The Balaban J connectivity index is 1.71. The lowest BCUT2D eigenvalue weighted by atomic mass is 9.97. The molecule has 0 aliphatic carbocycles. The maximum absolute atomic E-state index is 13.5. The highest BCUT2D eigenvalue weighted by Gasteiger charge is 2.25. The van der Waals surface area contributed by atoms with E-state index in [0.717, 1.165) is 22.2 Å². The first-order chi connectivity index (χ1) is 13.2. The van der Waals surface area contributed by atoms with Gasteiger partial charge in [-0.2, -0.15) is 0 Å². The highest BCUT2D eigenvalue weighted by Crippen LogP contribution is 2.25. The third kappa shape index (κ3) is 3.48. The second kappa shape index (κ2) is 7.48. The molecule has 0 radical (unpaired) electrons. The Kier molecular flexibility index (Phi) is 4.73. The van der Waals surface area contributed by atoms with Gasteiger partial charge in [-0.05, 0) is 23.8 Å². The van der Waals surface area contributed by atoms with Crippen molar-refractivity contribution < 1.29 is 4.79 Å². The maximum atomic E-state index is 13.5. The predicted molar refractivity (Wildman–Crippen MR) is 110 cm³/mol. The van der Waals surface area contributed by atoms with Crippen molar-refractivity contribution in [2.45, 2.75) is 6.04 Å². The smallest absolute Gasteiger partial charge is 0.188 e. The zero-order chi connectivity index (χ0) is 18.6. The lowest BCUT2D eigenvalue weighted by Crippen LogP contribution is -2.41. The molecule has 1 atom stereocenters. The molecule has 27 heavy (non-hydrogen) atoms. The van der Waals surface area contributed by atoms with Crippen molar-refractivity contribution in [2.75, 3.05) is 12.1 Å². The minimum Gasteiger partial charge on any atom is -0.360 e. The number of nitrogens with one attached hydrogen (secondary N) is 2. The van der Waals surface area contributed by atoms with Gasteiger partial charge in [0.1, 0.15) is 6.04 Å². The molecule has 0 saturated heterocycles. The monoisotopic (exact) mass is 355 g/mol. The number of nitrogens with zero attached hydrogens (tertiary/aromatic N) is 1. The van der Waals surface area contributed by atoms with Gasteiger partial charge in [-0.3, -0.25) is 4.79 Å². The first-order valence-electron chi connectivity index (χ1n) is 8.94. The van der Waals surface area contributed by atoms with Crippen LogP contribution in [-0.4, -0.2) is 17.8 Å². The Morgan fingerprint density at radius 3 is 2.26 bits per heavy atom. The molecule has 0 bridgehead atoms. The minimum atomic E-state index is -0.490. The number of hydrazine groups is 1. The van der Waals surface area contributed by atoms with Crippen LogP contribution in [0.1, 0.15) is 22.0 Å². The summed E-state index contributed by atoms with van der Waals surface area (Å²) in [5, 5.41) is 2.83. The summed E-state index contributed by atoms with van der Waals surface area (Å²) < 4.78 is 0. The normalized spacial score (nSPS) is 12.0. The molecule has 0 fully saturated rings. The molecule has 4 heteroatoms. The number of aromatic amines is 1. The average Bonchev–Trinajstić information content (AvgIpc) is 3.17. The standard InChI is InChI=1S/C23H21N3O/c1-26(18-12-6-3-7-13-18)25-22(17-10-4-2-5-11-17)23(27)20-16-24-21-15-9-8-14-19(20)21/h2-16,22,24-25H,1H3/t22-/m1/s1. The van der Waals surface area contributed by atoms with Gasteiger partial charge >= 0.3 is 0 Å². The van der Waals surface area contributed by atoms with Gasteiger partial charge in [-0.25, -0.2) is 5.43 Å². The molecule has 0 saturated carbocycles. The number of ketones is 1. The topological polar surface area (TPSA) is 48.1 Å². The van der Waals surface area contributed by atoms with Crippen LogP contribution < -0.4 is 10.4 Å². The molecule has 4 aromatic rings. The molecule has 1 aromatic heterocycles.